The number of rotatable bonds is 6. The van der Waals surface area contributed by atoms with Crippen molar-refractivity contribution >= 4 is 17.5 Å². The molecule has 1 N–H and O–H groups in total. The predicted octanol–water partition coefficient (Wildman–Crippen LogP) is 3.95. The number of anilines is 3. The Morgan fingerprint density at radius 1 is 1.00 bits per heavy atom. The van der Waals surface area contributed by atoms with E-state index in [2.05, 4.69) is 58.6 Å². The summed E-state index contributed by atoms with van der Waals surface area (Å²) in [5.74, 6) is 1.31. The van der Waals surface area contributed by atoms with Crippen LogP contribution in [0.5, 0.6) is 0 Å². The first kappa shape index (κ1) is 15.9. The van der Waals surface area contributed by atoms with Gasteiger partial charge in [-0.05, 0) is 31.5 Å². The standard InChI is InChI=1S/C19H21N5/c1-3-24(17-7-5-4-6-8-17)19-22-18(14-21-23-19)20-13-16-11-9-15(2)10-12-16/h4-12,14H,3,13H2,1-2H3,(H,20,22,23). The minimum absolute atomic E-state index is 0.595. The summed E-state index contributed by atoms with van der Waals surface area (Å²) in [7, 11) is 0. The average Bonchev–Trinajstić information content (AvgIpc) is 2.63. The topological polar surface area (TPSA) is 53.9 Å². The molecule has 0 aliphatic carbocycles. The zero-order valence-electron chi connectivity index (χ0n) is 14.0. The summed E-state index contributed by atoms with van der Waals surface area (Å²) in [6.07, 6.45) is 1.65. The molecule has 5 nitrogen and oxygen atoms in total. The Morgan fingerprint density at radius 2 is 1.75 bits per heavy atom. The summed E-state index contributed by atoms with van der Waals surface area (Å²) in [5.41, 5.74) is 3.51. The highest BCUT2D eigenvalue weighted by atomic mass is 15.3. The molecule has 0 bridgehead atoms. The first-order valence-electron chi connectivity index (χ1n) is 8.08. The third-order valence-electron chi connectivity index (χ3n) is 3.77. The fourth-order valence-electron chi connectivity index (χ4n) is 2.44. The molecule has 24 heavy (non-hydrogen) atoms. The summed E-state index contributed by atoms with van der Waals surface area (Å²) in [6, 6.07) is 18.5. The quantitative estimate of drug-likeness (QED) is 0.745. The van der Waals surface area contributed by atoms with E-state index in [-0.39, 0.29) is 0 Å². The fraction of sp³-hybridized carbons (Fsp3) is 0.211. The molecule has 3 aromatic rings. The number of nitrogens with zero attached hydrogens (tertiary/aromatic N) is 4. The molecule has 0 saturated heterocycles. The van der Waals surface area contributed by atoms with Crippen LogP contribution in [-0.2, 0) is 6.54 Å². The van der Waals surface area contributed by atoms with Crippen molar-refractivity contribution in [1.82, 2.24) is 15.2 Å². The molecule has 1 heterocycles. The van der Waals surface area contributed by atoms with Crippen molar-refractivity contribution in [3.8, 4) is 0 Å². The van der Waals surface area contributed by atoms with Crippen LogP contribution in [0.15, 0.2) is 60.8 Å². The van der Waals surface area contributed by atoms with Crippen molar-refractivity contribution in [3.05, 3.63) is 71.9 Å². The van der Waals surface area contributed by atoms with Crippen LogP contribution in [0.3, 0.4) is 0 Å². The third kappa shape index (κ3) is 3.87. The average molecular weight is 319 g/mol. The molecular weight excluding hydrogens is 298 g/mol. The third-order valence-corrected chi connectivity index (χ3v) is 3.77. The minimum Gasteiger partial charge on any atom is -0.365 e. The molecule has 0 aliphatic heterocycles. The second-order valence-electron chi connectivity index (χ2n) is 5.56. The zero-order valence-corrected chi connectivity index (χ0v) is 14.0. The van der Waals surface area contributed by atoms with E-state index in [1.165, 1.54) is 11.1 Å². The lowest BCUT2D eigenvalue weighted by molar-refractivity contribution is 0.881. The molecule has 122 valence electrons. The Morgan fingerprint density at radius 3 is 2.46 bits per heavy atom. The molecule has 0 aliphatic rings. The first-order chi connectivity index (χ1) is 11.8. The largest absolute Gasteiger partial charge is 0.365 e. The van der Waals surface area contributed by atoms with Crippen LogP contribution >= 0.6 is 0 Å². The van der Waals surface area contributed by atoms with Crippen molar-refractivity contribution < 1.29 is 0 Å². The van der Waals surface area contributed by atoms with Gasteiger partial charge in [-0.2, -0.15) is 10.1 Å². The molecule has 0 saturated carbocycles. The first-order valence-corrected chi connectivity index (χ1v) is 8.08. The van der Waals surface area contributed by atoms with E-state index < -0.39 is 0 Å². The molecule has 3 rings (SSSR count). The lowest BCUT2D eigenvalue weighted by Crippen LogP contribution is -2.19. The van der Waals surface area contributed by atoms with Crippen LogP contribution in [0.25, 0.3) is 0 Å². The summed E-state index contributed by atoms with van der Waals surface area (Å²) in [4.78, 5) is 6.63. The lowest BCUT2D eigenvalue weighted by atomic mass is 10.1. The Kier molecular flexibility index (Phi) is 5.01. The van der Waals surface area contributed by atoms with Crippen molar-refractivity contribution in [2.45, 2.75) is 20.4 Å². The number of hydrogen-bond donors (Lipinski definition) is 1. The number of para-hydroxylation sites is 1. The van der Waals surface area contributed by atoms with Crippen LogP contribution in [0.1, 0.15) is 18.1 Å². The number of aryl methyl sites for hydroxylation is 1. The number of hydrogen-bond acceptors (Lipinski definition) is 5. The Hall–Kier alpha value is -2.95. The maximum Gasteiger partial charge on any atom is 0.251 e. The van der Waals surface area contributed by atoms with Gasteiger partial charge in [0, 0.05) is 18.8 Å². The van der Waals surface area contributed by atoms with Gasteiger partial charge in [-0.15, -0.1) is 5.10 Å². The normalized spacial score (nSPS) is 10.4. The van der Waals surface area contributed by atoms with Crippen molar-refractivity contribution in [3.63, 3.8) is 0 Å². The molecule has 0 radical (unpaired) electrons. The SMILES string of the molecule is CCN(c1ccccc1)c1nncc(NCc2ccc(C)cc2)n1. The second kappa shape index (κ2) is 7.55. The Labute approximate surface area is 142 Å². The fourth-order valence-corrected chi connectivity index (χ4v) is 2.44. The van der Waals surface area contributed by atoms with Crippen molar-refractivity contribution in [2.24, 2.45) is 0 Å². The van der Waals surface area contributed by atoms with Crippen molar-refractivity contribution in [2.75, 3.05) is 16.8 Å². The molecule has 0 fully saturated rings. The van der Waals surface area contributed by atoms with E-state index in [4.69, 9.17) is 0 Å². The monoisotopic (exact) mass is 319 g/mol. The number of aromatic nitrogens is 3. The second-order valence-corrected chi connectivity index (χ2v) is 5.56. The summed E-state index contributed by atoms with van der Waals surface area (Å²) in [5, 5.41) is 11.6. The number of nitrogens with one attached hydrogen (secondary N) is 1. The number of benzene rings is 2. The van der Waals surface area contributed by atoms with E-state index in [0.717, 1.165) is 18.1 Å². The van der Waals surface area contributed by atoms with Gasteiger partial charge in [0.15, 0.2) is 5.82 Å². The lowest BCUT2D eigenvalue weighted by Gasteiger charge is -2.20. The summed E-state index contributed by atoms with van der Waals surface area (Å²) < 4.78 is 0. The van der Waals surface area contributed by atoms with Gasteiger partial charge in [0.2, 0.25) is 0 Å². The van der Waals surface area contributed by atoms with Crippen LogP contribution in [0, 0.1) is 6.92 Å². The molecule has 2 aromatic carbocycles. The van der Waals surface area contributed by atoms with Gasteiger partial charge in [0.05, 0.1) is 6.20 Å². The molecule has 0 unspecified atom stereocenters. The zero-order chi connectivity index (χ0) is 16.8. The van der Waals surface area contributed by atoms with Gasteiger partial charge >= 0.3 is 0 Å². The predicted molar refractivity (Wildman–Crippen MR) is 97.5 cm³/mol. The Bertz CT molecular complexity index is 771. The molecule has 5 heteroatoms. The molecule has 0 atom stereocenters. The molecule has 1 aromatic heterocycles. The van der Waals surface area contributed by atoms with E-state index in [1.54, 1.807) is 6.20 Å². The smallest absolute Gasteiger partial charge is 0.251 e. The van der Waals surface area contributed by atoms with Gasteiger partial charge in [-0.1, -0.05) is 48.0 Å². The highest BCUT2D eigenvalue weighted by Gasteiger charge is 2.11. The van der Waals surface area contributed by atoms with Gasteiger partial charge in [-0.3, -0.25) is 0 Å². The van der Waals surface area contributed by atoms with Crippen LogP contribution in [0.2, 0.25) is 0 Å². The molecule has 0 amide bonds. The molecule has 0 spiro atoms. The summed E-state index contributed by atoms with van der Waals surface area (Å²) in [6.45, 7) is 5.63. The van der Waals surface area contributed by atoms with Gasteiger partial charge in [0.25, 0.3) is 5.95 Å². The van der Waals surface area contributed by atoms with Crippen LogP contribution in [-0.4, -0.2) is 21.7 Å². The maximum absolute atomic E-state index is 4.59. The maximum atomic E-state index is 4.59. The van der Waals surface area contributed by atoms with Crippen LogP contribution < -0.4 is 10.2 Å². The van der Waals surface area contributed by atoms with E-state index >= 15 is 0 Å². The van der Waals surface area contributed by atoms with Crippen LogP contribution in [0.4, 0.5) is 17.5 Å². The summed E-state index contributed by atoms with van der Waals surface area (Å²) >= 11 is 0. The minimum atomic E-state index is 0.595. The van der Waals surface area contributed by atoms with Gasteiger partial charge in [0.1, 0.15) is 0 Å². The van der Waals surface area contributed by atoms with E-state index in [9.17, 15) is 0 Å². The van der Waals surface area contributed by atoms with E-state index in [0.29, 0.717) is 12.5 Å². The highest BCUT2D eigenvalue weighted by molar-refractivity contribution is 5.57. The highest BCUT2D eigenvalue weighted by Crippen LogP contribution is 2.21. The molecular formula is C19H21N5. The Balaban J connectivity index is 1.74. The van der Waals surface area contributed by atoms with Gasteiger partial charge in [-0.25, -0.2) is 0 Å². The van der Waals surface area contributed by atoms with Crippen molar-refractivity contribution in [1.29, 1.82) is 0 Å². The van der Waals surface area contributed by atoms with E-state index in [1.807, 2.05) is 35.2 Å². The van der Waals surface area contributed by atoms with Gasteiger partial charge < -0.3 is 10.2 Å².